The molecular weight excluding hydrogens is 254 g/mol. The average molecular weight is 279 g/mol. The third-order valence-electron chi connectivity index (χ3n) is 5.90. The zero-order chi connectivity index (χ0) is 14.3. The van der Waals surface area contributed by atoms with Crippen molar-refractivity contribution >= 4 is 11.8 Å². The van der Waals surface area contributed by atoms with Crippen LogP contribution in [0.15, 0.2) is 0 Å². The molecule has 3 rings (SSSR count). The van der Waals surface area contributed by atoms with Gasteiger partial charge >= 0.3 is 0 Å². The Bertz CT molecular complexity index is 390. The van der Waals surface area contributed by atoms with Gasteiger partial charge in [-0.05, 0) is 31.6 Å². The number of aliphatic hydroxyl groups excluding tert-OH is 1. The van der Waals surface area contributed by atoms with E-state index >= 15 is 0 Å². The number of amides is 2. The predicted octanol–water partition coefficient (Wildman–Crippen LogP) is 1.96. The monoisotopic (exact) mass is 279 g/mol. The molecule has 1 N–H and O–H groups in total. The molecule has 1 aliphatic heterocycles. The number of rotatable bonds is 4. The maximum Gasteiger partial charge on any atom is 0.233 e. The lowest BCUT2D eigenvalue weighted by molar-refractivity contribution is -0.143. The Morgan fingerprint density at radius 2 is 1.70 bits per heavy atom. The third kappa shape index (κ3) is 2.09. The summed E-state index contributed by atoms with van der Waals surface area (Å²) in [6.07, 6.45) is 6.90. The van der Waals surface area contributed by atoms with Crippen LogP contribution in [0.5, 0.6) is 0 Å². The number of nitrogens with zero attached hydrogens (tertiary/aromatic N) is 1. The zero-order valence-electron chi connectivity index (χ0n) is 12.3. The first kappa shape index (κ1) is 14.1. The van der Waals surface area contributed by atoms with Crippen molar-refractivity contribution < 1.29 is 14.7 Å². The molecule has 0 radical (unpaired) electrons. The van der Waals surface area contributed by atoms with E-state index in [0.717, 1.165) is 44.9 Å². The number of aliphatic hydroxyl groups is 1. The van der Waals surface area contributed by atoms with Crippen LogP contribution in [0.4, 0.5) is 0 Å². The van der Waals surface area contributed by atoms with Crippen LogP contribution in [0.2, 0.25) is 0 Å². The molecule has 2 atom stereocenters. The van der Waals surface area contributed by atoms with Crippen molar-refractivity contribution in [3.63, 3.8) is 0 Å². The van der Waals surface area contributed by atoms with E-state index in [1.807, 2.05) is 0 Å². The smallest absolute Gasteiger partial charge is 0.233 e. The SMILES string of the molecule is CCC1CC2C(=O)N(CC3(CO)CCCC3)C(=O)C2C1. The molecule has 3 fully saturated rings. The van der Waals surface area contributed by atoms with Crippen LogP contribution in [0, 0.1) is 23.2 Å². The molecule has 2 saturated carbocycles. The molecule has 0 aromatic rings. The highest BCUT2D eigenvalue weighted by molar-refractivity contribution is 6.05. The minimum atomic E-state index is -0.214. The molecule has 3 aliphatic rings. The molecule has 0 spiro atoms. The fourth-order valence-corrected chi connectivity index (χ4v) is 4.51. The number of hydrogen-bond donors (Lipinski definition) is 1. The lowest BCUT2D eigenvalue weighted by Gasteiger charge is -2.31. The fraction of sp³-hybridized carbons (Fsp3) is 0.875. The number of fused-ring (bicyclic) bond motifs is 1. The third-order valence-corrected chi connectivity index (χ3v) is 5.90. The molecular formula is C16H25NO3. The van der Waals surface area contributed by atoms with Crippen LogP contribution >= 0.6 is 0 Å². The van der Waals surface area contributed by atoms with Gasteiger partial charge in [0.05, 0.1) is 18.4 Å². The van der Waals surface area contributed by atoms with Crippen molar-refractivity contribution in [3.05, 3.63) is 0 Å². The van der Waals surface area contributed by atoms with Gasteiger partial charge in [-0.3, -0.25) is 14.5 Å². The lowest BCUT2D eigenvalue weighted by atomic mass is 9.86. The maximum atomic E-state index is 12.5. The minimum absolute atomic E-state index is 0.0377. The van der Waals surface area contributed by atoms with Gasteiger partial charge in [0.15, 0.2) is 0 Å². The van der Waals surface area contributed by atoms with Crippen molar-refractivity contribution in [3.8, 4) is 0 Å². The molecule has 1 saturated heterocycles. The topological polar surface area (TPSA) is 57.6 Å². The maximum absolute atomic E-state index is 12.5. The molecule has 4 nitrogen and oxygen atoms in total. The van der Waals surface area contributed by atoms with Gasteiger partial charge < -0.3 is 5.11 Å². The summed E-state index contributed by atoms with van der Waals surface area (Å²) in [5.41, 5.74) is -0.214. The Hall–Kier alpha value is -0.900. The second-order valence-electron chi connectivity index (χ2n) is 7.09. The molecule has 112 valence electrons. The van der Waals surface area contributed by atoms with E-state index in [9.17, 15) is 14.7 Å². The van der Waals surface area contributed by atoms with Crippen molar-refractivity contribution in [2.24, 2.45) is 23.2 Å². The highest BCUT2D eigenvalue weighted by Crippen LogP contribution is 2.46. The van der Waals surface area contributed by atoms with E-state index < -0.39 is 0 Å². The molecule has 2 amide bonds. The van der Waals surface area contributed by atoms with Gasteiger partial charge in [0.2, 0.25) is 11.8 Å². The van der Waals surface area contributed by atoms with E-state index in [0.29, 0.717) is 12.5 Å². The van der Waals surface area contributed by atoms with Gasteiger partial charge in [0.1, 0.15) is 0 Å². The van der Waals surface area contributed by atoms with E-state index in [1.165, 1.54) is 4.90 Å². The Kier molecular flexibility index (Phi) is 3.61. The van der Waals surface area contributed by atoms with E-state index in [-0.39, 0.29) is 35.7 Å². The summed E-state index contributed by atoms with van der Waals surface area (Å²) in [4.78, 5) is 26.5. The quantitative estimate of drug-likeness (QED) is 0.800. The standard InChI is InChI=1S/C16H25NO3/c1-2-11-7-12-13(8-11)15(20)17(14(12)19)9-16(10-18)5-3-4-6-16/h11-13,18H,2-10H2,1H3. The second kappa shape index (κ2) is 5.14. The molecule has 2 aliphatic carbocycles. The first-order valence-electron chi connectivity index (χ1n) is 8.06. The Morgan fingerprint density at radius 1 is 1.15 bits per heavy atom. The molecule has 4 heteroatoms. The van der Waals surface area contributed by atoms with Crippen molar-refractivity contribution in [2.75, 3.05) is 13.2 Å². The van der Waals surface area contributed by atoms with Crippen LogP contribution in [0.3, 0.4) is 0 Å². The normalized spacial score (nSPS) is 35.9. The lowest BCUT2D eigenvalue weighted by Crippen LogP contribution is -2.42. The van der Waals surface area contributed by atoms with Gasteiger partial charge in [-0.2, -0.15) is 0 Å². The molecule has 1 heterocycles. The summed E-state index contributed by atoms with van der Waals surface area (Å²) >= 11 is 0. The number of carbonyl (C=O) groups is 2. The summed E-state index contributed by atoms with van der Waals surface area (Å²) in [6, 6.07) is 0. The van der Waals surface area contributed by atoms with Gasteiger partial charge in [-0.1, -0.05) is 26.2 Å². The molecule has 0 aromatic heterocycles. The van der Waals surface area contributed by atoms with Gasteiger partial charge in [0.25, 0.3) is 0 Å². The Morgan fingerprint density at radius 3 is 2.15 bits per heavy atom. The predicted molar refractivity (Wildman–Crippen MR) is 74.7 cm³/mol. The highest BCUT2D eigenvalue weighted by atomic mass is 16.3. The highest BCUT2D eigenvalue weighted by Gasteiger charge is 2.53. The number of hydrogen-bond acceptors (Lipinski definition) is 3. The van der Waals surface area contributed by atoms with Gasteiger partial charge in [-0.25, -0.2) is 0 Å². The summed E-state index contributed by atoms with van der Waals surface area (Å²) < 4.78 is 0. The summed E-state index contributed by atoms with van der Waals surface area (Å²) in [7, 11) is 0. The number of carbonyl (C=O) groups excluding carboxylic acids is 2. The average Bonchev–Trinajstić information content (AvgIpc) is 3.14. The molecule has 20 heavy (non-hydrogen) atoms. The molecule has 0 bridgehead atoms. The Balaban J connectivity index is 1.73. The molecule has 2 unspecified atom stereocenters. The van der Waals surface area contributed by atoms with Crippen LogP contribution in [0.25, 0.3) is 0 Å². The van der Waals surface area contributed by atoms with E-state index in [4.69, 9.17) is 0 Å². The van der Waals surface area contributed by atoms with Crippen LogP contribution < -0.4 is 0 Å². The van der Waals surface area contributed by atoms with Crippen molar-refractivity contribution in [1.82, 2.24) is 4.90 Å². The van der Waals surface area contributed by atoms with Crippen LogP contribution in [-0.2, 0) is 9.59 Å². The largest absolute Gasteiger partial charge is 0.396 e. The summed E-state index contributed by atoms with van der Waals surface area (Å²) in [5.74, 6) is 0.485. The number of likely N-dealkylation sites (tertiary alicyclic amines) is 1. The first-order valence-corrected chi connectivity index (χ1v) is 8.06. The van der Waals surface area contributed by atoms with Gasteiger partial charge in [0, 0.05) is 12.0 Å². The van der Waals surface area contributed by atoms with Crippen LogP contribution in [0.1, 0.15) is 51.9 Å². The Labute approximate surface area is 120 Å². The second-order valence-corrected chi connectivity index (χ2v) is 7.09. The first-order chi connectivity index (χ1) is 9.60. The molecule has 0 aromatic carbocycles. The van der Waals surface area contributed by atoms with Crippen LogP contribution in [-0.4, -0.2) is 35.0 Å². The summed E-state index contributed by atoms with van der Waals surface area (Å²) in [5, 5.41) is 9.68. The van der Waals surface area contributed by atoms with E-state index in [2.05, 4.69) is 6.92 Å². The number of imide groups is 1. The summed E-state index contributed by atoms with van der Waals surface area (Å²) in [6.45, 7) is 2.68. The zero-order valence-corrected chi connectivity index (χ0v) is 12.3. The van der Waals surface area contributed by atoms with Gasteiger partial charge in [-0.15, -0.1) is 0 Å². The van der Waals surface area contributed by atoms with E-state index in [1.54, 1.807) is 0 Å². The van der Waals surface area contributed by atoms with Crippen molar-refractivity contribution in [1.29, 1.82) is 0 Å². The minimum Gasteiger partial charge on any atom is -0.396 e. The van der Waals surface area contributed by atoms with Crippen molar-refractivity contribution in [2.45, 2.75) is 51.9 Å². The fourth-order valence-electron chi connectivity index (χ4n) is 4.51.